The first-order chi connectivity index (χ1) is 9.63. The van der Waals surface area contributed by atoms with E-state index in [1.165, 1.54) is 5.56 Å². The van der Waals surface area contributed by atoms with Crippen molar-refractivity contribution in [3.8, 4) is 5.75 Å². The standard InChI is InChI=1S/C15H21N3O2/c1-5-15-17-14(18-20-15)9-19-13-7-6-12(8-10(13)2)11(3)16-4/h6-8,11,16H,5,9H2,1-4H3. The summed E-state index contributed by atoms with van der Waals surface area (Å²) in [5.41, 5.74) is 2.34. The number of rotatable bonds is 6. The Kier molecular flexibility index (Phi) is 4.74. The van der Waals surface area contributed by atoms with E-state index in [0.29, 0.717) is 24.4 Å². The number of nitrogens with one attached hydrogen (secondary N) is 1. The van der Waals surface area contributed by atoms with Gasteiger partial charge in [0.05, 0.1) is 0 Å². The Morgan fingerprint density at radius 2 is 2.20 bits per heavy atom. The number of hydrogen-bond acceptors (Lipinski definition) is 5. The topological polar surface area (TPSA) is 60.2 Å². The first-order valence-corrected chi connectivity index (χ1v) is 6.86. The van der Waals surface area contributed by atoms with Crippen molar-refractivity contribution in [1.82, 2.24) is 15.5 Å². The summed E-state index contributed by atoms with van der Waals surface area (Å²) in [6.45, 7) is 6.46. The minimum Gasteiger partial charge on any atom is -0.485 e. The Balaban J connectivity index is 2.02. The smallest absolute Gasteiger partial charge is 0.226 e. The number of aryl methyl sites for hydroxylation is 2. The highest BCUT2D eigenvalue weighted by molar-refractivity contribution is 5.37. The molecule has 0 spiro atoms. The Morgan fingerprint density at radius 3 is 2.80 bits per heavy atom. The molecular weight excluding hydrogens is 254 g/mol. The summed E-state index contributed by atoms with van der Waals surface area (Å²) in [7, 11) is 1.95. The molecule has 1 unspecified atom stereocenters. The maximum absolute atomic E-state index is 5.74. The van der Waals surface area contributed by atoms with Gasteiger partial charge in [-0.15, -0.1) is 0 Å². The number of hydrogen-bond donors (Lipinski definition) is 1. The fraction of sp³-hybridized carbons (Fsp3) is 0.467. The minimum absolute atomic E-state index is 0.325. The zero-order chi connectivity index (χ0) is 14.5. The molecule has 0 saturated carbocycles. The van der Waals surface area contributed by atoms with Crippen LogP contribution in [0.4, 0.5) is 0 Å². The van der Waals surface area contributed by atoms with Gasteiger partial charge in [-0.05, 0) is 38.1 Å². The van der Waals surface area contributed by atoms with Gasteiger partial charge >= 0.3 is 0 Å². The van der Waals surface area contributed by atoms with E-state index in [9.17, 15) is 0 Å². The van der Waals surface area contributed by atoms with Crippen molar-refractivity contribution < 1.29 is 9.26 Å². The highest BCUT2D eigenvalue weighted by Gasteiger charge is 2.08. The third-order valence-corrected chi connectivity index (χ3v) is 3.30. The lowest BCUT2D eigenvalue weighted by atomic mass is 10.1. The lowest BCUT2D eigenvalue weighted by Gasteiger charge is -2.13. The van der Waals surface area contributed by atoms with Gasteiger partial charge in [0, 0.05) is 12.5 Å². The van der Waals surface area contributed by atoms with E-state index in [-0.39, 0.29) is 0 Å². The van der Waals surface area contributed by atoms with Gasteiger partial charge < -0.3 is 14.6 Å². The molecule has 5 nitrogen and oxygen atoms in total. The molecule has 20 heavy (non-hydrogen) atoms. The van der Waals surface area contributed by atoms with Crippen molar-refractivity contribution in [2.45, 2.75) is 39.8 Å². The van der Waals surface area contributed by atoms with E-state index in [4.69, 9.17) is 9.26 Å². The fourth-order valence-electron chi connectivity index (χ4n) is 1.91. The van der Waals surface area contributed by atoms with Crippen molar-refractivity contribution in [2.75, 3.05) is 7.05 Å². The van der Waals surface area contributed by atoms with Gasteiger partial charge in [0.2, 0.25) is 11.7 Å². The predicted octanol–water partition coefficient (Wildman–Crippen LogP) is 2.80. The molecule has 2 aromatic rings. The first-order valence-electron chi connectivity index (χ1n) is 6.86. The van der Waals surface area contributed by atoms with Gasteiger partial charge in [-0.2, -0.15) is 4.98 Å². The zero-order valence-corrected chi connectivity index (χ0v) is 12.4. The second kappa shape index (κ2) is 6.52. The van der Waals surface area contributed by atoms with Crippen molar-refractivity contribution in [3.63, 3.8) is 0 Å². The molecule has 0 fully saturated rings. The maximum atomic E-state index is 5.74. The molecule has 0 bridgehead atoms. The molecule has 0 aliphatic heterocycles. The highest BCUT2D eigenvalue weighted by Crippen LogP contribution is 2.23. The average molecular weight is 275 g/mol. The van der Waals surface area contributed by atoms with Crippen LogP contribution in [-0.4, -0.2) is 17.2 Å². The summed E-state index contributed by atoms with van der Waals surface area (Å²) in [5.74, 6) is 2.06. The van der Waals surface area contributed by atoms with Gasteiger partial charge in [-0.3, -0.25) is 0 Å². The molecule has 1 aromatic carbocycles. The van der Waals surface area contributed by atoms with Gasteiger partial charge in [-0.1, -0.05) is 24.2 Å². The Hall–Kier alpha value is -1.88. The average Bonchev–Trinajstić information content (AvgIpc) is 2.93. The quantitative estimate of drug-likeness (QED) is 0.878. The van der Waals surface area contributed by atoms with E-state index in [0.717, 1.165) is 17.7 Å². The Morgan fingerprint density at radius 1 is 1.40 bits per heavy atom. The SMILES string of the molecule is CCc1nc(COc2ccc(C(C)NC)cc2C)no1. The molecule has 1 N–H and O–H groups in total. The molecular formula is C15H21N3O2. The van der Waals surface area contributed by atoms with Crippen LogP contribution in [0, 0.1) is 6.92 Å². The fourth-order valence-corrected chi connectivity index (χ4v) is 1.91. The molecule has 1 heterocycles. The van der Waals surface area contributed by atoms with E-state index in [2.05, 4.69) is 34.5 Å². The third-order valence-electron chi connectivity index (χ3n) is 3.30. The molecule has 2 rings (SSSR count). The third kappa shape index (κ3) is 3.36. The molecule has 108 valence electrons. The monoisotopic (exact) mass is 275 g/mol. The molecule has 0 aliphatic rings. The first kappa shape index (κ1) is 14.5. The molecule has 1 aromatic heterocycles. The second-order valence-corrected chi connectivity index (χ2v) is 4.78. The lowest BCUT2D eigenvalue weighted by Crippen LogP contribution is -2.12. The molecule has 0 saturated heterocycles. The Bertz CT molecular complexity index is 566. The van der Waals surface area contributed by atoms with Crippen LogP contribution < -0.4 is 10.1 Å². The second-order valence-electron chi connectivity index (χ2n) is 4.78. The van der Waals surface area contributed by atoms with Crippen LogP contribution in [0.25, 0.3) is 0 Å². The van der Waals surface area contributed by atoms with Crippen LogP contribution in [0.5, 0.6) is 5.75 Å². The van der Waals surface area contributed by atoms with Crippen molar-refractivity contribution in [1.29, 1.82) is 0 Å². The van der Waals surface area contributed by atoms with Crippen LogP contribution in [-0.2, 0) is 13.0 Å². The molecule has 0 aliphatic carbocycles. The highest BCUT2D eigenvalue weighted by atomic mass is 16.5. The summed E-state index contributed by atoms with van der Waals surface area (Å²) in [5, 5.41) is 7.09. The summed E-state index contributed by atoms with van der Waals surface area (Å²) in [6.07, 6.45) is 0.739. The van der Waals surface area contributed by atoms with Crippen LogP contribution in [0.1, 0.15) is 42.7 Å². The number of benzene rings is 1. The Labute approximate surface area is 119 Å². The van der Waals surface area contributed by atoms with Crippen LogP contribution in [0.3, 0.4) is 0 Å². The van der Waals surface area contributed by atoms with E-state index in [1.807, 2.05) is 27.0 Å². The predicted molar refractivity (Wildman–Crippen MR) is 76.7 cm³/mol. The summed E-state index contributed by atoms with van der Waals surface area (Å²) >= 11 is 0. The van der Waals surface area contributed by atoms with Crippen molar-refractivity contribution in [2.24, 2.45) is 0 Å². The van der Waals surface area contributed by atoms with Gasteiger partial charge in [0.15, 0.2) is 6.61 Å². The molecule has 1 atom stereocenters. The lowest BCUT2D eigenvalue weighted by molar-refractivity contribution is 0.283. The molecule has 5 heteroatoms. The normalized spacial score (nSPS) is 12.4. The van der Waals surface area contributed by atoms with Crippen LogP contribution in [0.15, 0.2) is 22.7 Å². The zero-order valence-electron chi connectivity index (χ0n) is 12.4. The van der Waals surface area contributed by atoms with E-state index < -0.39 is 0 Å². The minimum atomic E-state index is 0.325. The number of aromatic nitrogens is 2. The van der Waals surface area contributed by atoms with E-state index >= 15 is 0 Å². The van der Waals surface area contributed by atoms with Crippen molar-refractivity contribution >= 4 is 0 Å². The summed E-state index contributed by atoms with van der Waals surface area (Å²) in [4.78, 5) is 4.22. The van der Waals surface area contributed by atoms with Crippen LogP contribution in [0.2, 0.25) is 0 Å². The maximum Gasteiger partial charge on any atom is 0.226 e. The number of ether oxygens (including phenoxy) is 1. The number of nitrogens with zero attached hydrogens (tertiary/aromatic N) is 2. The summed E-state index contributed by atoms with van der Waals surface area (Å²) in [6, 6.07) is 6.51. The van der Waals surface area contributed by atoms with Gasteiger partial charge in [0.25, 0.3) is 0 Å². The van der Waals surface area contributed by atoms with Gasteiger partial charge in [0.1, 0.15) is 5.75 Å². The van der Waals surface area contributed by atoms with Crippen molar-refractivity contribution in [3.05, 3.63) is 41.0 Å². The molecule has 0 radical (unpaired) electrons. The largest absolute Gasteiger partial charge is 0.485 e. The van der Waals surface area contributed by atoms with E-state index in [1.54, 1.807) is 0 Å². The van der Waals surface area contributed by atoms with Gasteiger partial charge in [-0.25, -0.2) is 0 Å². The van der Waals surface area contributed by atoms with Crippen LogP contribution >= 0.6 is 0 Å². The molecule has 0 amide bonds. The summed E-state index contributed by atoms with van der Waals surface area (Å²) < 4.78 is 10.8.